The molecule has 18 heteroatoms. The highest BCUT2D eigenvalue weighted by Crippen LogP contribution is 2.49. The Balaban J connectivity index is 0.841. The third-order valence-corrected chi connectivity index (χ3v) is 20.6. The van der Waals surface area contributed by atoms with E-state index in [-0.39, 0.29) is 54.5 Å². The number of morpholine rings is 1. The van der Waals surface area contributed by atoms with Crippen LogP contribution in [0.15, 0.2) is 30.5 Å². The summed E-state index contributed by atoms with van der Waals surface area (Å²) in [6, 6.07) is 6.48. The zero-order valence-corrected chi connectivity index (χ0v) is 48.6. The minimum atomic E-state index is -3.11. The summed E-state index contributed by atoms with van der Waals surface area (Å²) in [4.78, 5) is 77.8. The highest BCUT2D eigenvalue weighted by molar-refractivity contribution is 5.95. The Morgan fingerprint density at radius 1 is 0.938 bits per heavy atom. The molecule has 18 nitrogen and oxygen atoms in total. The summed E-state index contributed by atoms with van der Waals surface area (Å²) in [5.74, 6) is -0.0218. The van der Waals surface area contributed by atoms with Gasteiger partial charge in [0.05, 0.1) is 54.7 Å². The van der Waals surface area contributed by atoms with Crippen LogP contribution in [0.5, 0.6) is 0 Å². The molecular formula is C63H91N11O7. The number of hydrogen-bond donors (Lipinski definition) is 2. The zero-order chi connectivity index (χ0) is 60.2. The van der Waals surface area contributed by atoms with Crippen LogP contribution >= 0.6 is 0 Å². The third kappa shape index (κ3) is 11.0. The molecule has 9 fully saturated rings. The molecule has 3 aromatic rings. The predicted molar refractivity (Wildman–Crippen MR) is 312 cm³/mol. The van der Waals surface area contributed by atoms with Crippen molar-refractivity contribution in [1.29, 1.82) is 0 Å². The fourth-order valence-corrected chi connectivity index (χ4v) is 15.7. The van der Waals surface area contributed by atoms with Crippen molar-refractivity contribution in [2.75, 3.05) is 109 Å². The third-order valence-electron chi connectivity index (χ3n) is 20.6. The molecule has 2 N–H and O–H groups in total. The average molecular weight is 1120 g/mol. The number of methoxy groups -OCH3 is 1. The van der Waals surface area contributed by atoms with Crippen molar-refractivity contribution in [3.8, 4) is 11.3 Å². The number of pyridine rings is 1. The maximum absolute atomic E-state index is 15.4. The standard InChI is InChI=1S/C63H91N11O7/c1-7-73-52-19-18-44-31-47(52)49(56(73)48-32-45(35-64-53(48)40(2)79-6)69-27-25-68(26-28-69)43-16-17-43)34-62(3,4)39-81-61(78)50-13-10-22-74(66-50)59(76)51(33-46-36-70(44)29-30-80-46)65-58(75)55(41-11-8-9-12-41)71-23-20-63(37-71)21-24-72(38-63)60(77)57-54(67(57)5)42-14-15-42/h18-19,31-32,35,40-43,46,50-51,54-55,57,66H,7-17,20-30,33-34,36-39H2,1-6H3,(H,65,75)/t40-,46-,50-,51-,54+,55-,57+,63-,67?/m0/s1/i1D3,7D2. The summed E-state index contributed by atoms with van der Waals surface area (Å²) in [7, 11) is 3.69. The van der Waals surface area contributed by atoms with E-state index in [0.29, 0.717) is 97.0 Å². The molecule has 3 amide bonds. The summed E-state index contributed by atoms with van der Waals surface area (Å²) in [6.07, 6.45) is 12.7. The molecule has 0 radical (unpaired) electrons. The highest BCUT2D eigenvalue weighted by Gasteiger charge is 2.59. The lowest BCUT2D eigenvalue weighted by molar-refractivity contribution is -0.156. The maximum Gasteiger partial charge on any atom is 0.324 e. The Bertz CT molecular complexity index is 3070. The van der Waals surface area contributed by atoms with Crippen molar-refractivity contribution >= 4 is 46.0 Å². The highest BCUT2D eigenvalue weighted by atomic mass is 16.5. The van der Waals surface area contributed by atoms with Crippen LogP contribution in [0.1, 0.15) is 135 Å². The van der Waals surface area contributed by atoms with Gasteiger partial charge in [-0.3, -0.25) is 43.9 Å². The molecule has 3 aliphatic carbocycles. The fourth-order valence-electron chi connectivity index (χ4n) is 15.7. The summed E-state index contributed by atoms with van der Waals surface area (Å²) >= 11 is 0. The van der Waals surface area contributed by atoms with Crippen molar-refractivity contribution in [1.82, 2.24) is 44.9 Å². The Kier molecular flexibility index (Phi) is 13.6. The molecule has 13 rings (SSSR count). The number of fused-ring (bicyclic) bond motifs is 6. The van der Waals surface area contributed by atoms with Gasteiger partial charge in [-0.05, 0) is 140 Å². The van der Waals surface area contributed by atoms with E-state index in [4.69, 9.17) is 23.3 Å². The lowest BCUT2D eigenvalue weighted by Gasteiger charge is -2.39. The van der Waals surface area contributed by atoms with E-state index < -0.39 is 55.1 Å². The van der Waals surface area contributed by atoms with Crippen molar-refractivity contribution in [2.24, 2.45) is 22.7 Å². The summed E-state index contributed by atoms with van der Waals surface area (Å²) in [6.45, 7) is 7.60. The first-order chi connectivity index (χ1) is 41.1. The number of hydrazine groups is 1. The molecule has 6 saturated heterocycles. The van der Waals surface area contributed by atoms with Gasteiger partial charge in [-0.1, -0.05) is 26.7 Å². The minimum absolute atomic E-state index is 0.00826. The number of piperazine rings is 1. The molecule has 1 unspecified atom stereocenters. The molecule has 440 valence electrons. The normalized spacial score (nSPS) is 32.7. The van der Waals surface area contributed by atoms with Gasteiger partial charge in [0.1, 0.15) is 18.1 Å². The van der Waals surface area contributed by atoms with Gasteiger partial charge in [-0.25, -0.2) is 5.43 Å². The number of carbonyl (C=O) groups excluding carboxylic acids is 4. The molecule has 2 aromatic heterocycles. The number of amides is 3. The number of cyclic esters (lactones) is 1. The summed E-state index contributed by atoms with van der Waals surface area (Å²) in [5.41, 5.74) is 6.56. The van der Waals surface area contributed by atoms with Gasteiger partial charge < -0.3 is 38.8 Å². The number of benzene rings is 1. The lowest BCUT2D eigenvalue weighted by atomic mass is 9.84. The first-order valence-electron chi connectivity index (χ1n) is 33.5. The van der Waals surface area contributed by atoms with Crippen molar-refractivity contribution in [2.45, 2.75) is 172 Å². The van der Waals surface area contributed by atoms with Gasteiger partial charge in [-0.2, -0.15) is 0 Å². The first kappa shape index (κ1) is 49.6. The minimum Gasteiger partial charge on any atom is -0.464 e. The van der Waals surface area contributed by atoms with Gasteiger partial charge in [-0.15, -0.1) is 0 Å². The molecule has 1 aromatic carbocycles. The van der Waals surface area contributed by atoms with E-state index in [1.165, 1.54) is 35.3 Å². The molecule has 6 bridgehead atoms. The molecule has 1 spiro atoms. The number of likely N-dealkylation sites (tertiary alicyclic amines) is 2. The van der Waals surface area contributed by atoms with E-state index in [0.717, 1.165) is 95.7 Å². The van der Waals surface area contributed by atoms with Gasteiger partial charge in [0.2, 0.25) is 11.8 Å². The molecule has 9 heterocycles. The lowest BCUT2D eigenvalue weighted by Crippen LogP contribution is -2.62. The molecule has 81 heavy (non-hydrogen) atoms. The number of aromatic nitrogens is 2. The largest absolute Gasteiger partial charge is 0.464 e. The second-order valence-corrected chi connectivity index (χ2v) is 26.9. The number of hydrogen-bond acceptors (Lipinski definition) is 14. The van der Waals surface area contributed by atoms with E-state index in [1.807, 2.05) is 51.2 Å². The number of likely N-dealkylation sites (N-methyl/N-ethyl adjacent to an activating group) is 1. The summed E-state index contributed by atoms with van der Waals surface area (Å²) < 4.78 is 66.0. The van der Waals surface area contributed by atoms with Crippen LogP contribution in [0.25, 0.3) is 22.2 Å². The predicted octanol–water partition coefficient (Wildman–Crippen LogP) is 5.99. The Hall–Kier alpha value is -4.85. The molecule has 9 atom stereocenters. The molecule has 3 saturated carbocycles. The van der Waals surface area contributed by atoms with E-state index in [2.05, 4.69) is 47.2 Å². The Morgan fingerprint density at radius 3 is 2.51 bits per heavy atom. The van der Waals surface area contributed by atoms with Crippen LogP contribution in [0.3, 0.4) is 0 Å². The maximum atomic E-state index is 15.4. The number of rotatable bonds is 12. The summed E-state index contributed by atoms with van der Waals surface area (Å²) in [5, 5.41) is 5.50. The zero-order valence-electron chi connectivity index (χ0n) is 53.6. The smallest absolute Gasteiger partial charge is 0.324 e. The van der Waals surface area contributed by atoms with Gasteiger partial charge in [0.25, 0.3) is 5.91 Å². The van der Waals surface area contributed by atoms with Crippen LogP contribution in [0.4, 0.5) is 11.4 Å². The molecule has 10 aliphatic rings. The average Bonchev–Trinajstić information content (AvgIpc) is 1.60. The van der Waals surface area contributed by atoms with Crippen molar-refractivity contribution in [3.63, 3.8) is 0 Å². The van der Waals surface area contributed by atoms with Crippen molar-refractivity contribution in [3.05, 3.63) is 41.7 Å². The van der Waals surface area contributed by atoms with Crippen LogP contribution in [-0.2, 0) is 46.3 Å². The van der Waals surface area contributed by atoms with Gasteiger partial charge in [0, 0.05) is 137 Å². The number of esters is 1. The van der Waals surface area contributed by atoms with Crippen LogP contribution in [0.2, 0.25) is 0 Å². The number of aryl methyl sites for hydroxylation is 1. The number of carbonyl (C=O) groups is 4. The quantitative estimate of drug-likeness (QED) is 0.161. The van der Waals surface area contributed by atoms with Crippen LogP contribution in [-0.4, -0.2) is 200 Å². The topological polar surface area (TPSA) is 160 Å². The van der Waals surface area contributed by atoms with Crippen LogP contribution in [0, 0.1) is 22.7 Å². The molecular weight excluding hydrogens is 1020 g/mol. The number of anilines is 2. The number of ether oxygens (including phenoxy) is 3. The number of nitrogens with one attached hydrogen (secondary N) is 2. The van der Waals surface area contributed by atoms with E-state index in [9.17, 15) is 12.3 Å². The number of nitrogens with zero attached hydrogens (tertiary/aromatic N) is 9. The van der Waals surface area contributed by atoms with E-state index in [1.54, 1.807) is 7.11 Å². The second kappa shape index (κ2) is 22.3. The fraction of sp³-hybridized carbons (Fsp3) is 0.730. The Morgan fingerprint density at radius 2 is 1.74 bits per heavy atom. The second-order valence-electron chi connectivity index (χ2n) is 26.9. The van der Waals surface area contributed by atoms with Crippen molar-refractivity contribution < 1.29 is 40.2 Å². The Labute approximate surface area is 486 Å². The van der Waals surface area contributed by atoms with E-state index >= 15 is 9.59 Å². The SMILES string of the molecule is [2H]C([2H])([2H])C([2H])([2H])n1c(-c2cc(N3CCN(C4CC4)CC3)cnc2[C@H](C)OC)c2c3cc(ccc31)N1CCO[C@@H](C[C@H](NC(=O)[C@H](C3CCCC3)N3CC[C@]4(CCN(C(=O)[C@H]5[C@@H](C6CC6)N5C)C4)C3)C(=O)N3CCC[C@H](N3)C(=O)OCC(C)(C)C2)C1. The van der Waals surface area contributed by atoms with Gasteiger partial charge >= 0.3 is 5.97 Å². The van der Waals surface area contributed by atoms with Gasteiger partial charge in [0.15, 0.2) is 0 Å². The van der Waals surface area contributed by atoms with Crippen LogP contribution < -0.4 is 20.5 Å². The monoisotopic (exact) mass is 1120 g/mol. The molecule has 7 aliphatic heterocycles. The first-order valence-corrected chi connectivity index (χ1v) is 31.0.